The molecule has 0 aromatic heterocycles. The van der Waals surface area contributed by atoms with Gasteiger partial charge in [0.25, 0.3) is 0 Å². The maximum absolute atomic E-state index is 11.2. The molecular weight excluding hydrogens is 238 g/mol. The molecule has 1 amide bonds. The second kappa shape index (κ2) is 12.3. The van der Waals surface area contributed by atoms with Gasteiger partial charge in [-0.25, -0.2) is 0 Å². The lowest BCUT2D eigenvalue weighted by molar-refractivity contribution is -0.137. The second-order valence-corrected chi connectivity index (χ2v) is 3.91. The first kappa shape index (κ1) is 16.9. The molecule has 0 heterocycles. The largest absolute Gasteiger partial charge is 0.481 e. The highest BCUT2D eigenvalue weighted by Crippen LogP contribution is 1.95. The maximum atomic E-state index is 11.2. The number of nitrogens with one attached hydrogen (secondary N) is 1. The molecule has 0 radical (unpaired) electrons. The number of hydrogen-bond donors (Lipinski definition) is 2. The lowest BCUT2D eigenvalue weighted by Crippen LogP contribution is -2.24. The number of carbonyl (C=O) groups excluding carboxylic acids is 1. The van der Waals surface area contributed by atoms with Crippen molar-refractivity contribution in [1.29, 1.82) is 0 Å². The SMILES string of the molecule is COCCOCCCCNC(=O)CCCC(=O)O. The van der Waals surface area contributed by atoms with E-state index in [0.717, 1.165) is 12.8 Å². The van der Waals surface area contributed by atoms with Crippen LogP contribution in [0.3, 0.4) is 0 Å². The molecule has 6 heteroatoms. The minimum Gasteiger partial charge on any atom is -0.481 e. The van der Waals surface area contributed by atoms with E-state index < -0.39 is 5.97 Å². The third-order valence-electron chi connectivity index (χ3n) is 2.26. The van der Waals surface area contributed by atoms with Gasteiger partial charge < -0.3 is 19.9 Å². The Bertz CT molecular complexity index is 233. The van der Waals surface area contributed by atoms with Crippen molar-refractivity contribution in [3.8, 4) is 0 Å². The van der Waals surface area contributed by atoms with E-state index in [1.807, 2.05) is 0 Å². The molecule has 2 N–H and O–H groups in total. The van der Waals surface area contributed by atoms with Crippen molar-refractivity contribution in [2.45, 2.75) is 32.1 Å². The van der Waals surface area contributed by atoms with Crippen LogP contribution in [0.25, 0.3) is 0 Å². The van der Waals surface area contributed by atoms with Gasteiger partial charge in [-0.1, -0.05) is 0 Å². The normalized spacial score (nSPS) is 10.3. The summed E-state index contributed by atoms with van der Waals surface area (Å²) in [5, 5.41) is 11.2. The van der Waals surface area contributed by atoms with Gasteiger partial charge in [-0.2, -0.15) is 0 Å². The van der Waals surface area contributed by atoms with Gasteiger partial charge in [0.2, 0.25) is 5.91 Å². The fourth-order valence-corrected chi connectivity index (χ4v) is 1.29. The van der Waals surface area contributed by atoms with Gasteiger partial charge in [0.1, 0.15) is 0 Å². The molecule has 0 rings (SSSR count). The Hall–Kier alpha value is -1.14. The molecule has 0 aliphatic heterocycles. The van der Waals surface area contributed by atoms with Crippen LogP contribution in [0.15, 0.2) is 0 Å². The number of unbranched alkanes of at least 4 members (excludes halogenated alkanes) is 1. The van der Waals surface area contributed by atoms with Crippen LogP contribution in [0.4, 0.5) is 0 Å². The third kappa shape index (κ3) is 12.9. The molecule has 0 unspecified atom stereocenters. The van der Waals surface area contributed by atoms with Crippen molar-refractivity contribution in [2.75, 3.05) is 33.5 Å². The number of carboxylic acid groups (broad SMARTS) is 1. The van der Waals surface area contributed by atoms with E-state index in [-0.39, 0.29) is 18.7 Å². The van der Waals surface area contributed by atoms with Crippen LogP contribution >= 0.6 is 0 Å². The first-order valence-electron chi connectivity index (χ1n) is 6.22. The van der Waals surface area contributed by atoms with Crippen molar-refractivity contribution in [1.82, 2.24) is 5.32 Å². The van der Waals surface area contributed by atoms with Crippen molar-refractivity contribution in [3.63, 3.8) is 0 Å². The smallest absolute Gasteiger partial charge is 0.303 e. The first-order valence-corrected chi connectivity index (χ1v) is 6.22. The summed E-state index contributed by atoms with van der Waals surface area (Å²) in [6, 6.07) is 0. The Labute approximate surface area is 108 Å². The quantitative estimate of drug-likeness (QED) is 0.508. The van der Waals surface area contributed by atoms with Gasteiger partial charge in [-0.15, -0.1) is 0 Å². The van der Waals surface area contributed by atoms with Gasteiger partial charge >= 0.3 is 5.97 Å². The van der Waals surface area contributed by atoms with E-state index >= 15 is 0 Å². The molecule has 18 heavy (non-hydrogen) atoms. The average Bonchev–Trinajstić information content (AvgIpc) is 2.32. The molecule has 0 fully saturated rings. The third-order valence-corrected chi connectivity index (χ3v) is 2.26. The molecule has 0 spiro atoms. The van der Waals surface area contributed by atoms with Crippen molar-refractivity contribution < 1.29 is 24.2 Å². The average molecular weight is 261 g/mol. The second-order valence-electron chi connectivity index (χ2n) is 3.91. The van der Waals surface area contributed by atoms with Crippen molar-refractivity contribution >= 4 is 11.9 Å². The number of amides is 1. The summed E-state index contributed by atoms with van der Waals surface area (Å²) < 4.78 is 10.1. The number of hydrogen-bond acceptors (Lipinski definition) is 4. The standard InChI is InChI=1S/C12H23NO5/c1-17-9-10-18-8-3-2-7-13-11(14)5-4-6-12(15)16/h2-10H2,1H3,(H,13,14)(H,15,16). The van der Waals surface area contributed by atoms with Crippen LogP contribution in [0.1, 0.15) is 32.1 Å². The van der Waals surface area contributed by atoms with Gasteiger partial charge in [-0.3, -0.25) is 9.59 Å². The number of aliphatic carboxylic acids is 1. The lowest BCUT2D eigenvalue weighted by atomic mass is 10.2. The van der Waals surface area contributed by atoms with Crippen LogP contribution in [0, 0.1) is 0 Å². The van der Waals surface area contributed by atoms with Crippen LogP contribution < -0.4 is 5.32 Å². The molecule has 0 saturated heterocycles. The fraction of sp³-hybridized carbons (Fsp3) is 0.833. The Kier molecular flexibility index (Phi) is 11.5. The van der Waals surface area contributed by atoms with Crippen LogP contribution in [-0.4, -0.2) is 50.5 Å². The fourth-order valence-electron chi connectivity index (χ4n) is 1.29. The Morgan fingerprint density at radius 1 is 1.06 bits per heavy atom. The van der Waals surface area contributed by atoms with Crippen molar-refractivity contribution in [3.05, 3.63) is 0 Å². The zero-order valence-corrected chi connectivity index (χ0v) is 10.9. The first-order chi connectivity index (χ1) is 8.66. The zero-order valence-electron chi connectivity index (χ0n) is 10.9. The topological polar surface area (TPSA) is 84.9 Å². The summed E-state index contributed by atoms with van der Waals surface area (Å²) in [5.41, 5.74) is 0. The minimum atomic E-state index is -0.865. The molecule has 106 valence electrons. The highest BCUT2D eigenvalue weighted by Gasteiger charge is 2.02. The number of methoxy groups -OCH3 is 1. The Balaban J connectivity index is 3.17. The molecule has 0 bridgehead atoms. The summed E-state index contributed by atoms with van der Waals surface area (Å²) in [7, 11) is 1.63. The summed E-state index contributed by atoms with van der Waals surface area (Å²) in [6.07, 6.45) is 2.45. The van der Waals surface area contributed by atoms with E-state index in [1.165, 1.54) is 0 Å². The number of carboxylic acids is 1. The molecule has 0 aromatic carbocycles. The zero-order chi connectivity index (χ0) is 13.6. The number of ether oxygens (including phenoxy) is 2. The molecular formula is C12H23NO5. The molecule has 0 aromatic rings. The van der Waals surface area contributed by atoms with E-state index in [0.29, 0.717) is 32.8 Å². The van der Waals surface area contributed by atoms with E-state index in [1.54, 1.807) is 7.11 Å². The number of carbonyl (C=O) groups is 2. The van der Waals surface area contributed by atoms with Gasteiger partial charge in [0, 0.05) is 33.1 Å². The predicted molar refractivity (Wildman–Crippen MR) is 66.4 cm³/mol. The van der Waals surface area contributed by atoms with Gasteiger partial charge in [0.15, 0.2) is 0 Å². The Morgan fingerprint density at radius 2 is 1.83 bits per heavy atom. The highest BCUT2D eigenvalue weighted by atomic mass is 16.5. The molecule has 6 nitrogen and oxygen atoms in total. The van der Waals surface area contributed by atoms with E-state index in [2.05, 4.69) is 5.32 Å². The lowest BCUT2D eigenvalue weighted by Gasteiger charge is -2.05. The maximum Gasteiger partial charge on any atom is 0.303 e. The summed E-state index contributed by atoms with van der Waals surface area (Å²) >= 11 is 0. The molecule has 0 aliphatic rings. The minimum absolute atomic E-state index is 0.0424. The number of rotatable bonds is 12. The van der Waals surface area contributed by atoms with Crippen LogP contribution in [0.2, 0.25) is 0 Å². The van der Waals surface area contributed by atoms with Crippen LogP contribution in [0.5, 0.6) is 0 Å². The molecule has 0 aliphatic carbocycles. The predicted octanol–water partition coefficient (Wildman–Crippen LogP) is 0.801. The summed E-state index contributed by atoms with van der Waals surface area (Å²) in [4.78, 5) is 21.5. The summed E-state index contributed by atoms with van der Waals surface area (Å²) in [6.45, 7) is 2.47. The molecule has 0 atom stereocenters. The highest BCUT2D eigenvalue weighted by molar-refractivity contribution is 5.76. The monoisotopic (exact) mass is 261 g/mol. The van der Waals surface area contributed by atoms with E-state index in [9.17, 15) is 9.59 Å². The van der Waals surface area contributed by atoms with Gasteiger partial charge in [-0.05, 0) is 19.3 Å². The van der Waals surface area contributed by atoms with E-state index in [4.69, 9.17) is 14.6 Å². The Morgan fingerprint density at radius 3 is 2.50 bits per heavy atom. The molecule has 0 saturated carbocycles. The summed E-state index contributed by atoms with van der Waals surface area (Å²) in [5.74, 6) is -0.951. The van der Waals surface area contributed by atoms with Gasteiger partial charge in [0.05, 0.1) is 13.2 Å². The van der Waals surface area contributed by atoms with Crippen LogP contribution in [-0.2, 0) is 19.1 Å². The van der Waals surface area contributed by atoms with Crippen molar-refractivity contribution in [2.24, 2.45) is 0 Å².